The number of piperidine rings is 1. The molecule has 0 aliphatic carbocycles. The second-order valence-corrected chi connectivity index (χ2v) is 10.2. The van der Waals surface area contributed by atoms with Gasteiger partial charge in [-0.1, -0.05) is 24.1 Å². The molecule has 0 atom stereocenters. The van der Waals surface area contributed by atoms with Gasteiger partial charge < -0.3 is 0 Å². The SMILES string of the molecule is O=S(=O)(Nc1cccc(S(=O)(=O)N2CCCCC2)c1)c1cc(F)ccc1Cl. The molecule has 1 saturated heterocycles. The maximum atomic E-state index is 13.4. The molecule has 0 saturated carbocycles. The Kier molecular flexibility index (Phi) is 5.76. The standard InChI is InChI=1S/C17H18ClFN2O4S2/c18-16-8-7-13(19)11-17(16)26(22,23)20-14-5-4-6-15(12-14)27(24,25)21-9-2-1-3-10-21/h4-8,11-12,20H,1-3,9-10H2. The van der Waals surface area contributed by atoms with Crippen LogP contribution in [-0.2, 0) is 20.0 Å². The predicted molar refractivity (Wildman–Crippen MR) is 101 cm³/mol. The number of hydrogen-bond donors (Lipinski definition) is 1. The molecule has 6 nitrogen and oxygen atoms in total. The van der Waals surface area contributed by atoms with E-state index >= 15 is 0 Å². The van der Waals surface area contributed by atoms with Crippen molar-refractivity contribution in [3.63, 3.8) is 0 Å². The van der Waals surface area contributed by atoms with E-state index < -0.39 is 30.8 Å². The molecule has 1 heterocycles. The molecule has 2 aromatic carbocycles. The number of hydrogen-bond acceptors (Lipinski definition) is 4. The highest BCUT2D eigenvalue weighted by Gasteiger charge is 2.26. The summed E-state index contributed by atoms with van der Waals surface area (Å²) < 4.78 is 67.6. The fraction of sp³-hybridized carbons (Fsp3) is 0.294. The third-order valence-electron chi connectivity index (χ3n) is 4.22. The maximum absolute atomic E-state index is 13.4. The number of sulfonamides is 2. The molecule has 0 unspecified atom stereocenters. The Balaban J connectivity index is 1.91. The molecule has 1 aliphatic rings. The van der Waals surface area contributed by atoms with Crippen molar-refractivity contribution in [3.05, 3.63) is 53.3 Å². The summed E-state index contributed by atoms with van der Waals surface area (Å²) in [6.45, 7) is 0.883. The van der Waals surface area contributed by atoms with E-state index in [-0.39, 0.29) is 15.6 Å². The van der Waals surface area contributed by atoms with Crippen LogP contribution in [0.5, 0.6) is 0 Å². The van der Waals surface area contributed by atoms with Crippen molar-refractivity contribution >= 4 is 37.3 Å². The lowest BCUT2D eigenvalue weighted by atomic mass is 10.2. The first-order valence-corrected chi connectivity index (χ1v) is 11.6. The molecule has 1 fully saturated rings. The average molecular weight is 433 g/mol. The lowest BCUT2D eigenvalue weighted by Crippen LogP contribution is -2.35. The van der Waals surface area contributed by atoms with E-state index in [1.807, 2.05) is 0 Å². The zero-order valence-electron chi connectivity index (χ0n) is 14.2. The zero-order valence-corrected chi connectivity index (χ0v) is 16.6. The predicted octanol–water partition coefficient (Wildman–Crippen LogP) is 3.45. The quantitative estimate of drug-likeness (QED) is 0.784. The Morgan fingerprint density at radius 2 is 1.67 bits per heavy atom. The number of nitrogens with one attached hydrogen (secondary N) is 1. The summed E-state index contributed by atoms with van der Waals surface area (Å²) in [6, 6.07) is 8.52. The molecule has 0 radical (unpaired) electrons. The van der Waals surface area contributed by atoms with Crippen LogP contribution in [0.3, 0.4) is 0 Å². The van der Waals surface area contributed by atoms with E-state index in [0.29, 0.717) is 13.1 Å². The first kappa shape index (κ1) is 20.1. The minimum Gasteiger partial charge on any atom is -0.280 e. The second kappa shape index (κ2) is 7.75. The number of anilines is 1. The van der Waals surface area contributed by atoms with Gasteiger partial charge >= 0.3 is 0 Å². The Morgan fingerprint density at radius 1 is 0.963 bits per heavy atom. The summed E-state index contributed by atoms with van der Waals surface area (Å²) in [4.78, 5) is -0.427. The summed E-state index contributed by atoms with van der Waals surface area (Å²) in [5.74, 6) is -0.749. The summed E-state index contributed by atoms with van der Waals surface area (Å²) in [7, 11) is -7.89. The highest BCUT2D eigenvalue weighted by molar-refractivity contribution is 7.92. The lowest BCUT2D eigenvalue weighted by Gasteiger charge is -2.26. The molecule has 0 bridgehead atoms. The third-order valence-corrected chi connectivity index (χ3v) is 7.98. The molecule has 1 aliphatic heterocycles. The minimum atomic E-state index is -4.18. The maximum Gasteiger partial charge on any atom is 0.263 e. The molecule has 0 aromatic heterocycles. The van der Waals surface area contributed by atoms with Crippen LogP contribution in [0, 0.1) is 5.82 Å². The highest BCUT2D eigenvalue weighted by Crippen LogP contribution is 2.27. The normalized spacial score (nSPS) is 16.2. The van der Waals surface area contributed by atoms with Crippen LogP contribution in [0.4, 0.5) is 10.1 Å². The van der Waals surface area contributed by atoms with Crippen LogP contribution in [0.1, 0.15) is 19.3 Å². The Bertz CT molecular complexity index is 1050. The van der Waals surface area contributed by atoms with E-state index in [2.05, 4.69) is 4.72 Å². The van der Waals surface area contributed by atoms with Gasteiger partial charge in [0.2, 0.25) is 10.0 Å². The summed E-state index contributed by atoms with van der Waals surface area (Å²) in [5.41, 5.74) is 0.0495. The Labute approximate surface area is 163 Å². The third kappa shape index (κ3) is 4.43. The monoisotopic (exact) mass is 432 g/mol. The van der Waals surface area contributed by atoms with Gasteiger partial charge in [-0.15, -0.1) is 0 Å². The molecule has 146 valence electrons. The minimum absolute atomic E-state index is 0.00469. The first-order chi connectivity index (χ1) is 12.7. The largest absolute Gasteiger partial charge is 0.280 e. The van der Waals surface area contributed by atoms with Crippen LogP contribution in [0.15, 0.2) is 52.3 Å². The van der Waals surface area contributed by atoms with Crippen LogP contribution >= 0.6 is 11.6 Å². The molecular weight excluding hydrogens is 415 g/mol. The summed E-state index contributed by atoms with van der Waals surface area (Å²) in [6.07, 6.45) is 2.58. The van der Waals surface area contributed by atoms with Crippen molar-refractivity contribution in [1.82, 2.24) is 4.31 Å². The van der Waals surface area contributed by atoms with Crippen molar-refractivity contribution in [2.75, 3.05) is 17.8 Å². The van der Waals surface area contributed by atoms with Gasteiger partial charge in [0.15, 0.2) is 0 Å². The fourth-order valence-electron chi connectivity index (χ4n) is 2.87. The van der Waals surface area contributed by atoms with Gasteiger partial charge in [0, 0.05) is 13.1 Å². The average Bonchev–Trinajstić information content (AvgIpc) is 2.64. The lowest BCUT2D eigenvalue weighted by molar-refractivity contribution is 0.346. The topological polar surface area (TPSA) is 83.5 Å². The van der Waals surface area contributed by atoms with Crippen LogP contribution < -0.4 is 4.72 Å². The molecule has 3 rings (SSSR count). The molecule has 0 amide bonds. The molecule has 27 heavy (non-hydrogen) atoms. The highest BCUT2D eigenvalue weighted by atomic mass is 35.5. The van der Waals surface area contributed by atoms with Gasteiger partial charge in [0.05, 0.1) is 15.6 Å². The molecule has 2 aromatic rings. The zero-order chi connectivity index (χ0) is 19.7. The van der Waals surface area contributed by atoms with E-state index in [1.165, 1.54) is 28.6 Å². The van der Waals surface area contributed by atoms with Crippen molar-refractivity contribution in [3.8, 4) is 0 Å². The smallest absolute Gasteiger partial charge is 0.263 e. The van der Waals surface area contributed by atoms with Crippen LogP contribution in [0.25, 0.3) is 0 Å². The molecule has 10 heteroatoms. The van der Waals surface area contributed by atoms with Gasteiger partial charge in [-0.2, -0.15) is 4.31 Å². The van der Waals surface area contributed by atoms with Gasteiger partial charge in [-0.25, -0.2) is 21.2 Å². The van der Waals surface area contributed by atoms with Crippen molar-refractivity contribution in [1.29, 1.82) is 0 Å². The second-order valence-electron chi connectivity index (χ2n) is 6.17. The van der Waals surface area contributed by atoms with Crippen LogP contribution in [-0.4, -0.2) is 34.2 Å². The van der Waals surface area contributed by atoms with Crippen molar-refractivity contribution in [2.24, 2.45) is 0 Å². The van der Waals surface area contributed by atoms with Gasteiger partial charge in [0.25, 0.3) is 10.0 Å². The fourth-order valence-corrected chi connectivity index (χ4v) is 5.99. The van der Waals surface area contributed by atoms with E-state index in [0.717, 1.165) is 37.5 Å². The molecule has 0 spiro atoms. The van der Waals surface area contributed by atoms with E-state index in [4.69, 9.17) is 11.6 Å². The van der Waals surface area contributed by atoms with Gasteiger partial charge in [0.1, 0.15) is 10.7 Å². The summed E-state index contributed by atoms with van der Waals surface area (Å²) >= 11 is 5.86. The van der Waals surface area contributed by atoms with Gasteiger partial charge in [-0.05, 0) is 49.2 Å². The summed E-state index contributed by atoms with van der Waals surface area (Å²) in [5, 5.41) is -0.138. The number of halogens is 2. The van der Waals surface area contributed by atoms with E-state index in [1.54, 1.807) is 0 Å². The number of nitrogens with zero attached hydrogens (tertiary/aromatic N) is 1. The Morgan fingerprint density at radius 3 is 2.37 bits per heavy atom. The van der Waals surface area contributed by atoms with Crippen molar-refractivity contribution in [2.45, 2.75) is 29.1 Å². The number of benzene rings is 2. The molecular formula is C17H18ClFN2O4S2. The molecule has 1 N–H and O–H groups in total. The van der Waals surface area contributed by atoms with Crippen molar-refractivity contribution < 1.29 is 21.2 Å². The Hall–Kier alpha value is -1.68. The van der Waals surface area contributed by atoms with E-state index in [9.17, 15) is 21.2 Å². The van der Waals surface area contributed by atoms with Crippen LogP contribution in [0.2, 0.25) is 5.02 Å². The number of rotatable bonds is 5. The van der Waals surface area contributed by atoms with Gasteiger partial charge in [-0.3, -0.25) is 4.72 Å². The first-order valence-electron chi connectivity index (χ1n) is 8.28.